The number of nitrogens with one attached hydrogen (secondary N) is 2. The van der Waals surface area contributed by atoms with E-state index in [0.717, 1.165) is 46.0 Å². The van der Waals surface area contributed by atoms with Crippen LogP contribution in [0.2, 0.25) is 0 Å². The van der Waals surface area contributed by atoms with E-state index in [-0.39, 0.29) is 10.9 Å². The van der Waals surface area contributed by atoms with Crippen molar-refractivity contribution in [3.8, 4) is 0 Å². The van der Waals surface area contributed by atoms with Crippen LogP contribution in [0.5, 0.6) is 0 Å². The summed E-state index contributed by atoms with van der Waals surface area (Å²) in [6, 6.07) is 3.17. The van der Waals surface area contributed by atoms with Gasteiger partial charge in [0.25, 0.3) is 5.91 Å². The average molecular weight is 349 g/mol. The standard InChI is InChI=1S/C15H15N3O3S2/c1-7-2-3-8-10(6-7)23-15-12(8)14(19)16-13(17-15)9-4-5-11(22-9)18(20)21/h4-5,7,13,17H,2-3,6H2,1H3,(H,16,19)/t7-,13+/m0/s1. The maximum Gasteiger partial charge on any atom is 0.324 e. The molecule has 3 heterocycles. The molecule has 0 aromatic carbocycles. The second-order valence-electron chi connectivity index (χ2n) is 6.04. The SMILES string of the molecule is C[C@H]1CCc2c(sc3c2C(=O)N[C@@H](c2ccc([N+](=O)[O-])s2)N3)C1. The minimum Gasteiger partial charge on any atom is -0.352 e. The van der Waals surface area contributed by atoms with Gasteiger partial charge in [-0.2, -0.15) is 0 Å². The van der Waals surface area contributed by atoms with Crippen LogP contribution in [0.25, 0.3) is 0 Å². The van der Waals surface area contributed by atoms with Gasteiger partial charge < -0.3 is 10.6 Å². The van der Waals surface area contributed by atoms with Crippen molar-refractivity contribution in [2.45, 2.75) is 32.4 Å². The molecule has 2 atom stereocenters. The van der Waals surface area contributed by atoms with Crippen molar-refractivity contribution in [2.75, 3.05) is 5.32 Å². The minimum atomic E-state index is -0.407. The summed E-state index contributed by atoms with van der Waals surface area (Å²) in [6.45, 7) is 2.24. The molecular formula is C15H15N3O3S2. The Labute approximate surface area is 140 Å². The van der Waals surface area contributed by atoms with E-state index in [2.05, 4.69) is 17.6 Å². The fraction of sp³-hybridized carbons (Fsp3) is 0.400. The lowest BCUT2D eigenvalue weighted by atomic mass is 9.88. The first-order chi connectivity index (χ1) is 11.0. The monoisotopic (exact) mass is 349 g/mol. The molecule has 23 heavy (non-hydrogen) atoms. The average Bonchev–Trinajstić information content (AvgIpc) is 3.10. The lowest BCUT2D eigenvalue weighted by Gasteiger charge is -2.25. The van der Waals surface area contributed by atoms with Crippen molar-refractivity contribution in [3.05, 3.63) is 43.1 Å². The van der Waals surface area contributed by atoms with Gasteiger partial charge in [0.2, 0.25) is 0 Å². The van der Waals surface area contributed by atoms with Gasteiger partial charge in [0, 0.05) is 10.9 Å². The van der Waals surface area contributed by atoms with Crippen LogP contribution in [0.3, 0.4) is 0 Å². The van der Waals surface area contributed by atoms with Gasteiger partial charge in [-0.25, -0.2) is 0 Å². The Morgan fingerprint density at radius 1 is 1.30 bits per heavy atom. The molecule has 4 rings (SSSR count). The van der Waals surface area contributed by atoms with E-state index in [9.17, 15) is 14.9 Å². The maximum absolute atomic E-state index is 12.6. The van der Waals surface area contributed by atoms with Crippen LogP contribution >= 0.6 is 22.7 Å². The van der Waals surface area contributed by atoms with Crippen molar-refractivity contribution in [2.24, 2.45) is 5.92 Å². The predicted octanol–water partition coefficient (Wildman–Crippen LogP) is 3.70. The van der Waals surface area contributed by atoms with E-state index in [1.165, 1.54) is 16.5 Å². The molecule has 2 aromatic heterocycles. The Hall–Kier alpha value is -1.93. The van der Waals surface area contributed by atoms with E-state index in [1.54, 1.807) is 17.4 Å². The van der Waals surface area contributed by atoms with Crippen LogP contribution in [0.15, 0.2) is 12.1 Å². The van der Waals surface area contributed by atoms with Crippen LogP contribution in [0, 0.1) is 16.0 Å². The number of anilines is 1. The van der Waals surface area contributed by atoms with Crippen LogP contribution < -0.4 is 10.6 Å². The van der Waals surface area contributed by atoms with Crippen LogP contribution in [0.1, 0.15) is 45.2 Å². The van der Waals surface area contributed by atoms with E-state index < -0.39 is 11.1 Å². The molecule has 0 bridgehead atoms. The number of carbonyl (C=O) groups is 1. The second-order valence-corrected chi connectivity index (χ2v) is 8.24. The van der Waals surface area contributed by atoms with Gasteiger partial charge >= 0.3 is 5.00 Å². The number of fused-ring (bicyclic) bond motifs is 3. The van der Waals surface area contributed by atoms with Gasteiger partial charge in [0.1, 0.15) is 11.2 Å². The predicted molar refractivity (Wildman–Crippen MR) is 90.3 cm³/mol. The highest BCUT2D eigenvalue weighted by molar-refractivity contribution is 7.17. The highest BCUT2D eigenvalue weighted by Gasteiger charge is 2.33. The molecule has 2 aliphatic rings. The van der Waals surface area contributed by atoms with Gasteiger partial charge in [-0.1, -0.05) is 18.3 Å². The van der Waals surface area contributed by atoms with E-state index >= 15 is 0 Å². The third-order valence-electron chi connectivity index (χ3n) is 4.37. The zero-order valence-electron chi connectivity index (χ0n) is 12.4. The third-order valence-corrected chi connectivity index (χ3v) is 6.65. The van der Waals surface area contributed by atoms with Crippen molar-refractivity contribution in [1.29, 1.82) is 0 Å². The normalized spacial score (nSPS) is 22.7. The Kier molecular flexibility index (Phi) is 3.38. The molecule has 2 aromatic rings. The van der Waals surface area contributed by atoms with E-state index in [4.69, 9.17) is 0 Å². The summed E-state index contributed by atoms with van der Waals surface area (Å²) >= 11 is 2.74. The first kappa shape index (κ1) is 14.6. The number of hydrogen-bond donors (Lipinski definition) is 2. The van der Waals surface area contributed by atoms with Gasteiger partial charge in [0.15, 0.2) is 0 Å². The summed E-state index contributed by atoms with van der Waals surface area (Å²) in [7, 11) is 0. The summed E-state index contributed by atoms with van der Waals surface area (Å²) in [5, 5.41) is 18.1. The second kappa shape index (κ2) is 5.31. The number of thiophene rings is 2. The zero-order valence-corrected chi connectivity index (χ0v) is 14.1. The van der Waals surface area contributed by atoms with Gasteiger partial charge in [0.05, 0.1) is 15.4 Å². The first-order valence-corrected chi connectivity index (χ1v) is 9.12. The Balaban J connectivity index is 1.67. The lowest BCUT2D eigenvalue weighted by molar-refractivity contribution is -0.380. The minimum absolute atomic E-state index is 0.0770. The molecule has 0 saturated carbocycles. The molecule has 0 saturated heterocycles. The van der Waals surface area contributed by atoms with Gasteiger partial charge in [-0.3, -0.25) is 14.9 Å². The number of carbonyl (C=O) groups excluding carboxylic acids is 1. The van der Waals surface area contributed by atoms with Gasteiger partial charge in [-0.15, -0.1) is 11.3 Å². The fourth-order valence-corrected chi connectivity index (χ4v) is 5.46. The summed E-state index contributed by atoms with van der Waals surface area (Å²) in [6.07, 6.45) is 2.69. The Morgan fingerprint density at radius 3 is 2.87 bits per heavy atom. The molecule has 1 aliphatic heterocycles. The summed E-state index contributed by atoms with van der Waals surface area (Å²) < 4.78 is 0. The largest absolute Gasteiger partial charge is 0.352 e. The molecule has 8 heteroatoms. The third kappa shape index (κ3) is 2.42. The van der Waals surface area contributed by atoms with E-state index in [0.29, 0.717) is 5.92 Å². The zero-order chi connectivity index (χ0) is 16.1. The number of amides is 1. The van der Waals surface area contributed by atoms with Gasteiger partial charge in [-0.05, 0) is 36.8 Å². The highest BCUT2D eigenvalue weighted by Crippen LogP contribution is 2.43. The molecular weight excluding hydrogens is 334 g/mol. The Morgan fingerprint density at radius 2 is 2.13 bits per heavy atom. The fourth-order valence-electron chi connectivity index (χ4n) is 3.20. The lowest BCUT2D eigenvalue weighted by Crippen LogP contribution is -2.37. The van der Waals surface area contributed by atoms with Crippen LogP contribution in [0.4, 0.5) is 10.0 Å². The number of nitro groups is 1. The number of rotatable bonds is 2. The van der Waals surface area contributed by atoms with Crippen molar-refractivity contribution < 1.29 is 9.72 Å². The molecule has 0 fully saturated rings. The quantitative estimate of drug-likeness (QED) is 0.639. The molecule has 6 nitrogen and oxygen atoms in total. The smallest absolute Gasteiger partial charge is 0.324 e. The van der Waals surface area contributed by atoms with Crippen LogP contribution in [-0.2, 0) is 12.8 Å². The summed E-state index contributed by atoms with van der Waals surface area (Å²) in [4.78, 5) is 25.0. The molecule has 2 N–H and O–H groups in total. The van der Waals surface area contributed by atoms with E-state index in [1.807, 2.05) is 0 Å². The van der Waals surface area contributed by atoms with Crippen molar-refractivity contribution in [1.82, 2.24) is 5.32 Å². The topological polar surface area (TPSA) is 84.3 Å². The summed E-state index contributed by atoms with van der Waals surface area (Å²) in [5.41, 5.74) is 1.96. The molecule has 1 aliphatic carbocycles. The molecule has 0 spiro atoms. The molecule has 1 amide bonds. The van der Waals surface area contributed by atoms with Crippen molar-refractivity contribution in [3.63, 3.8) is 0 Å². The Bertz CT molecular complexity index is 811. The number of hydrogen-bond acceptors (Lipinski definition) is 6. The molecule has 0 unspecified atom stereocenters. The summed E-state index contributed by atoms with van der Waals surface area (Å²) in [5.74, 6) is 0.577. The first-order valence-electron chi connectivity index (χ1n) is 7.49. The maximum atomic E-state index is 12.6. The molecule has 0 radical (unpaired) electrons. The van der Waals surface area contributed by atoms with Crippen molar-refractivity contribution >= 4 is 38.6 Å². The number of nitrogens with zero attached hydrogens (tertiary/aromatic N) is 1. The highest BCUT2D eigenvalue weighted by atomic mass is 32.1. The van der Waals surface area contributed by atoms with Crippen LogP contribution in [-0.4, -0.2) is 10.8 Å². The molecule has 120 valence electrons.